The van der Waals surface area contributed by atoms with Crippen LogP contribution in [0.15, 0.2) is 53.7 Å². The predicted octanol–water partition coefficient (Wildman–Crippen LogP) is 4.27. The van der Waals surface area contributed by atoms with Crippen LogP contribution < -0.4 is 14.8 Å². The van der Waals surface area contributed by atoms with Gasteiger partial charge in [0.05, 0.1) is 17.7 Å². The molecule has 0 aliphatic heterocycles. The molecule has 2 heterocycles. The molecule has 0 atom stereocenters. The summed E-state index contributed by atoms with van der Waals surface area (Å²) in [7, 11) is -2.53. The monoisotopic (exact) mass is 466 g/mol. The number of amides is 2. The van der Waals surface area contributed by atoms with E-state index in [9.17, 15) is 13.2 Å². The summed E-state index contributed by atoms with van der Waals surface area (Å²) >= 11 is 0. The molecule has 1 aliphatic rings. The van der Waals surface area contributed by atoms with Crippen LogP contribution in [0.2, 0.25) is 0 Å². The van der Waals surface area contributed by atoms with Gasteiger partial charge in [-0.05, 0) is 60.1 Å². The van der Waals surface area contributed by atoms with E-state index < -0.39 is 16.1 Å². The summed E-state index contributed by atoms with van der Waals surface area (Å²) < 4.78 is 33.1. The van der Waals surface area contributed by atoms with E-state index in [4.69, 9.17) is 4.74 Å². The van der Waals surface area contributed by atoms with Gasteiger partial charge in [0.25, 0.3) is 10.0 Å². The molecule has 8 nitrogen and oxygen atoms in total. The Labute approximate surface area is 193 Å². The van der Waals surface area contributed by atoms with E-state index >= 15 is 0 Å². The van der Waals surface area contributed by atoms with Crippen LogP contribution in [-0.2, 0) is 22.9 Å². The number of aromatic nitrogens is 2. The van der Waals surface area contributed by atoms with Crippen molar-refractivity contribution in [2.24, 2.45) is 0 Å². The Kier molecular flexibility index (Phi) is 6.33. The zero-order valence-corrected chi connectivity index (χ0v) is 19.6. The summed E-state index contributed by atoms with van der Waals surface area (Å²) in [5.41, 5.74) is 4.98. The summed E-state index contributed by atoms with van der Waals surface area (Å²) in [4.78, 5) is 21.2. The number of nitrogens with one attached hydrogen (secondary N) is 2. The van der Waals surface area contributed by atoms with Crippen LogP contribution in [0.25, 0.3) is 11.1 Å². The number of carbonyl (C=O) groups excluding carboxylic acids is 1. The third-order valence-electron chi connectivity index (χ3n) is 5.66. The van der Waals surface area contributed by atoms with Crippen molar-refractivity contribution in [3.05, 3.63) is 65.6 Å². The summed E-state index contributed by atoms with van der Waals surface area (Å²) in [5.74, 6) is 0.505. The second-order valence-electron chi connectivity index (χ2n) is 8.20. The fourth-order valence-electron chi connectivity index (χ4n) is 3.97. The Hall–Kier alpha value is -3.46. The standard InChI is InChI=1S/C24H26N4O4S/c1-15(2)21-14-18(10-12-25-21)33(30,31)28-24(29)27-23-19-6-4-5-16(19)7-8-20(23)17-9-11-26-22(13-17)32-3/h7-15H,4-6H2,1-3H3,(H2,27,28,29). The largest absolute Gasteiger partial charge is 0.481 e. The molecule has 1 aromatic carbocycles. The summed E-state index contributed by atoms with van der Waals surface area (Å²) in [6.07, 6.45) is 5.75. The van der Waals surface area contributed by atoms with Crippen LogP contribution in [0.4, 0.5) is 10.5 Å². The van der Waals surface area contributed by atoms with E-state index in [2.05, 4.69) is 26.1 Å². The predicted molar refractivity (Wildman–Crippen MR) is 126 cm³/mol. The highest BCUT2D eigenvalue weighted by Crippen LogP contribution is 2.38. The number of carbonyl (C=O) groups is 1. The van der Waals surface area contributed by atoms with Crippen LogP contribution in [0, 0.1) is 0 Å². The second kappa shape index (κ2) is 9.19. The van der Waals surface area contributed by atoms with E-state index in [1.165, 1.54) is 25.4 Å². The number of ether oxygens (including phenoxy) is 1. The zero-order valence-electron chi connectivity index (χ0n) is 18.8. The molecule has 2 aromatic heterocycles. The molecule has 2 amide bonds. The number of sulfonamides is 1. The van der Waals surface area contributed by atoms with Crippen molar-refractivity contribution in [3.8, 4) is 17.0 Å². The minimum absolute atomic E-state index is 0.00580. The van der Waals surface area contributed by atoms with Crippen LogP contribution in [-0.4, -0.2) is 31.5 Å². The van der Waals surface area contributed by atoms with Crippen molar-refractivity contribution in [1.82, 2.24) is 14.7 Å². The average Bonchev–Trinajstić information content (AvgIpc) is 3.28. The Morgan fingerprint density at radius 2 is 1.85 bits per heavy atom. The molecule has 0 fully saturated rings. The first-order valence-electron chi connectivity index (χ1n) is 10.7. The van der Waals surface area contributed by atoms with Gasteiger partial charge in [-0.25, -0.2) is 22.9 Å². The van der Waals surface area contributed by atoms with Gasteiger partial charge in [0.15, 0.2) is 0 Å². The fraction of sp³-hybridized carbons (Fsp3) is 0.292. The average molecular weight is 467 g/mol. The SMILES string of the molecule is COc1cc(-c2ccc3c(c2NC(=O)NS(=O)(=O)c2ccnc(C(C)C)c2)CCC3)ccn1. The number of rotatable bonds is 6. The highest BCUT2D eigenvalue weighted by molar-refractivity contribution is 7.90. The number of fused-ring (bicyclic) bond motifs is 1. The lowest BCUT2D eigenvalue weighted by molar-refractivity contribution is 0.256. The van der Waals surface area contributed by atoms with Gasteiger partial charge in [-0.3, -0.25) is 4.98 Å². The van der Waals surface area contributed by atoms with Gasteiger partial charge in [-0.1, -0.05) is 26.0 Å². The molecule has 9 heteroatoms. The van der Waals surface area contributed by atoms with Crippen molar-refractivity contribution in [3.63, 3.8) is 0 Å². The number of benzene rings is 1. The van der Waals surface area contributed by atoms with Crippen molar-refractivity contribution in [2.75, 3.05) is 12.4 Å². The first-order chi connectivity index (χ1) is 15.8. The normalized spacial score (nSPS) is 13.0. The molecule has 0 saturated carbocycles. The second-order valence-corrected chi connectivity index (χ2v) is 9.88. The van der Waals surface area contributed by atoms with E-state index in [-0.39, 0.29) is 10.8 Å². The summed E-state index contributed by atoms with van der Waals surface area (Å²) in [6.45, 7) is 3.84. The van der Waals surface area contributed by atoms with E-state index in [0.29, 0.717) is 17.3 Å². The molecule has 172 valence electrons. The third kappa shape index (κ3) is 4.83. The highest BCUT2D eigenvalue weighted by Gasteiger charge is 2.23. The molecule has 0 spiro atoms. The van der Waals surface area contributed by atoms with Gasteiger partial charge in [0.1, 0.15) is 0 Å². The Balaban J connectivity index is 1.65. The maximum absolute atomic E-state index is 12.9. The van der Waals surface area contributed by atoms with E-state index in [1.54, 1.807) is 12.3 Å². The first kappa shape index (κ1) is 22.7. The van der Waals surface area contributed by atoms with Gasteiger partial charge in [-0.15, -0.1) is 0 Å². The van der Waals surface area contributed by atoms with Crippen LogP contribution in [0.5, 0.6) is 5.88 Å². The molecule has 0 radical (unpaired) electrons. The number of urea groups is 1. The van der Waals surface area contributed by atoms with Crippen molar-refractivity contribution in [1.29, 1.82) is 0 Å². The van der Waals surface area contributed by atoms with Gasteiger partial charge < -0.3 is 10.1 Å². The molecular weight excluding hydrogens is 440 g/mol. The molecule has 33 heavy (non-hydrogen) atoms. The molecule has 1 aliphatic carbocycles. The van der Waals surface area contributed by atoms with Crippen molar-refractivity contribution < 1.29 is 17.9 Å². The molecule has 0 saturated heterocycles. The van der Waals surface area contributed by atoms with Gasteiger partial charge in [-0.2, -0.15) is 0 Å². The molecule has 0 unspecified atom stereocenters. The maximum Gasteiger partial charge on any atom is 0.333 e. The number of anilines is 1. The lowest BCUT2D eigenvalue weighted by atomic mass is 9.98. The third-order valence-corrected chi connectivity index (χ3v) is 6.99. The minimum Gasteiger partial charge on any atom is -0.481 e. The molecular formula is C24H26N4O4S. The number of hydrogen-bond acceptors (Lipinski definition) is 6. The zero-order chi connectivity index (χ0) is 23.6. The van der Waals surface area contributed by atoms with Gasteiger partial charge in [0, 0.05) is 29.7 Å². The number of aryl methyl sites for hydroxylation is 1. The van der Waals surface area contributed by atoms with E-state index in [1.807, 2.05) is 26.0 Å². The minimum atomic E-state index is -4.07. The lowest BCUT2D eigenvalue weighted by Gasteiger charge is -2.17. The Bertz CT molecular complexity index is 1310. The van der Waals surface area contributed by atoms with Crippen molar-refractivity contribution in [2.45, 2.75) is 43.9 Å². The first-order valence-corrected chi connectivity index (χ1v) is 12.2. The molecule has 4 rings (SSSR count). The fourth-order valence-corrected chi connectivity index (χ4v) is 4.90. The number of methoxy groups -OCH3 is 1. The van der Waals surface area contributed by atoms with Gasteiger partial charge in [0.2, 0.25) is 5.88 Å². The Morgan fingerprint density at radius 3 is 2.61 bits per heavy atom. The molecule has 2 N–H and O–H groups in total. The summed E-state index contributed by atoms with van der Waals surface area (Å²) in [6, 6.07) is 9.62. The number of pyridine rings is 2. The lowest BCUT2D eigenvalue weighted by Crippen LogP contribution is -2.34. The molecule has 0 bridgehead atoms. The number of hydrogen-bond donors (Lipinski definition) is 2. The topological polar surface area (TPSA) is 110 Å². The molecule has 3 aromatic rings. The summed E-state index contributed by atoms with van der Waals surface area (Å²) in [5, 5.41) is 2.80. The quantitative estimate of drug-likeness (QED) is 0.561. The van der Waals surface area contributed by atoms with E-state index in [0.717, 1.165) is 41.5 Å². The highest BCUT2D eigenvalue weighted by atomic mass is 32.2. The smallest absolute Gasteiger partial charge is 0.333 e. The van der Waals surface area contributed by atoms with Crippen LogP contribution in [0.3, 0.4) is 0 Å². The Morgan fingerprint density at radius 1 is 1.06 bits per heavy atom. The van der Waals surface area contributed by atoms with Crippen LogP contribution in [0.1, 0.15) is 43.0 Å². The maximum atomic E-state index is 12.9. The number of nitrogens with zero attached hydrogens (tertiary/aromatic N) is 2. The van der Waals surface area contributed by atoms with Crippen molar-refractivity contribution >= 4 is 21.7 Å². The van der Waals surface area contributed by atoms with Crippen LogP contribution >= 0.6 is 0 Å². The van der Waals surface area contributed by atoms with Gasteiger partial charge >= 0.3 is 6.03 Å².